The molecule has 0 heterocycles. The largest absolute Gasteiger partial charge is 0.763 e. The minimum Gasteiger partial charge on any atom is -0.763 e. The Balaban J connectivity index is 3.67. The quantitative estimate of drug-likeness (QED) is 0.499. The van der Waals surface area contributed by atoms with Crippen LogP contribution in [0.5, 0.6) is 0 Å². The Kier molecular flexibility index (Phi) is 2.82. The second-order valence-corrected chi connectivity index (χ2v) is 2.71. The highest BCUT2D eigenvalue weighted by molar-refractivity contribution is 7.48. The first-order valence-electron chi connectivity index (χ1n) is 2.03. The first-order valence-corrected chi connectivity index (χ1v) is 3.55. The van der Waals surface area contributed by atoms with Gasteiger partial charge in [-0.1, -0.05) is 0 Å². The van der Waals surface area contributed by atoms with Crippen molar-refractivity contribution < 1.29 is 26.8 Å². The average Bonchev–Trinajstić information content (AvgIpc) is 1.57. The fourth-order valence-corrected chi connectivity index (χ4v) is 0.552. The minimum absolute atomic E-state index is 0.670. The van der Waals surface area contributed by atoms with E-state index >= 15 is 0 Å². The molecule has 0 fully saturated rings. The molecule has 0 radical (unpaired) electrons. The first kappa shape index (κ1) is 9.87. The summed E-state index contributed by atoms with van der Waals surface area (Å²) in [6.07, 6.45) is -4.72. The van der Waals surface area contributed by atoms with E-state index in [2.05, 4.69) is 0 Å². The van der Waals surface area contributed by atoms with Gasteiger partial charge < -0.3 is 4.89 Å². The zero-order valence-electron chi connectivity index (χ0n) is 4.48. The van der Waals surface area contributed by atoms with Crippen molar-refractivity contribution in [2.75, 3.05) is 6.54 Å². The number of hydrogen-bond acceptors (Lipinski definition) is 2. The van der Waals surface area contributed by atoms with E-state index in [1.54, 1.807) is 0 Å². The molecule has 62 valence electrons. The topological polar surface area (TPSA) is 52.2 Å². The number of alkyl halides is 3. The maximum absolute atomic E-state index is 11.3. The van der Waals surface area contributed by atoms with E-state index in [-0.39, 0.29) is 0 Å². The van der Waals surface area contributed by atoms with Crippen LogP contribution in [0.2, 0.25) is 0 Å². The smallest absolute Gasteiger partial charge is 0.401 e. The van der Waals surface area contributed by atoms with Crippen molar-refractivity contribution in [2.24, 2.45) is 0 Å². The van der Waals surface area contributed by atoms with Crippen LogP contribution in [0.15, 0.2) is 0 Å². The van der Waals surface area contributed by atoms with Crippen LogP contribution in [0.3, 0.4) is 0 Å². The molecule has 0 bridgehead atoms. The summed E-state index contributed by atoms with van der Waals surface area (Å²) in [5.74, 6) is 0. The summed E-state index contributed by atoms with van der Waals surface area (Å²) < 4.78 is 54.0. The standard InChI is InChI=1S/C2H4F4NO2P/c3-2(4,5)1-7-10(6,8)9/h1H2,(H2,7,8,9)/p-1. The van der Waals surface area contributed by atoms with Crippen molar-refractivity contribution in [1.82, 2.24) is 5.09 Å². The Morgan fingerprint density at radius 1 is 1.50 bits per heavy atom. The molecule has 0 aliphatic rings. The highest BCUT2D eigenvalue weighted by Crippen LogP contribution is 2.32. The van der Waals surface area contributed by atoms with Gasteiger partial charge in [-0.2, -0.15) is 17.4 Å². The Bertz CT molecular complexity index is 150. The molecule has 0 aliphatic carbocycles. The predicted octanol–water partition coefficient (Wildman–Crippen LogP) is 0.576. The zero-order valence-corrected chi connectivity index (χ0v) is 5.38. The summed E-state index contributed by atoms with van der Waals surface area (Å²) in [6.45, 7) is -1.87. The first-order chi connectivity index (χ1) is 4.21. The number of rotatable bonds is 2. The molecule has 1 unspecified atom stereocenters. The van der Waals surface area contributed by atoms with Gasteiger partial charge in [-0.15, -0.1) is 0 Å². The van der Waals surface area contributed by atoms with Crippen molar-refractivity contribution in [2.45, 2.75) is 6.18 Å². The van der Waals surface area contributed by atoms with Gasteiger partial charge in [0.25, 0.3) is 0 Å². The third-order valence-electron chi connectivity index (χ3n) is 0.468. The molecule has 0 saturated heterocycles. The van der Waals surface area contributed by atoms with Crippen LogP contribution in [-0.4, -0.2) is 12.7 Å². The number of halogens is 4. The van der Waals surface area contributed by atoms with Gasteiger partial charge in [-0.25, -0.2) is 5.09 Å². The lowest BCUT2D eigenvalue weighted by Gasteiger charge is -2.15. The molecule has 8 heteroatoms. The van der Waals surface area contributed by atoms with Crippen LogP contribution in [0.1, 0.15) is 0 Å². The van der Waals surface area contributed by atoms with Crippen LogP contribution in [-0.2, 0) is 4.57 Å². The summed E-state index contributed by atoms with van der Waals surface area (Å²) in [5.41, 5.74) is 0. The van der Waals surface area contributed by atoms with Gasteiger partial charge in [0.2, 0.25) is 7.83 Å². The van der Waals surface area contributed by atoms with Crippen LogP contribution < -0.4 is 9.98 Å². The van der Waals surface area contributed by atoms with Crippen LogP contribution in [0.4, 0.5) is 17.4 Å². The number of nitrogens with one attached hydrogen (secondary N) is 1. The molecule has 0 spiro atoms. The van der Waals surface area contributed by atoms with E-state index in [4.69, 9.17) is 0 Å². The molecule has 10 heavy (non-hydrogen) atoms. The summed E-state index contributed by atoms with van der Waals surface area (Å²) in [7, 11) is -5.48. The molecule has 1 N–H and O–H groups in total. The summed E-state index contributed by atoms with van der Waals surface area (Å²) in [5, 5.41) is 0.670. The van der Waals surface area contributed by atoms with E-state index in [0.717, 1.165) is 0 Å². The van der Waals surface area contributed by atoms with Crippen molar-refractivity contribution in [3.05, 3.63) is 0 Å². The van der Waals surface area contributed by atoms with Gasteiger partial charge in [0, 0.05) is 0 Å². The Morgan fingerprint density at radius 2 is 1.90 bits per heavy atom. The van der Waals surface area contributed by atoms with Crippen LogP contribution >= 0.6 is 7.83 Å². The predicted molar refractivity (Wildman–Crippen MR) is 22.8 cm³/mol. The van der Waals surface area contributed by atoms with E-state index in [9.17, 15) is 26.8 Å². The second kappa shape index (κ2) is 2.86. The lowest BCUT2D eigenvalue weighted by atomic mass is 10.7. The SMILES string of the molecule is O=P([O-])(F)NCC(F)(F)F. The van der Waals surface area contributed by atoms with Crippen molar-refractivity contribution >= 4 is 7.83 Å². The highest BCUT2D eigenvalue weighted by atomic mass is 31.2. The van der Waals surface area contributed by atoms with Gasteiger partial charge >= 0.3 is 6.18 Å². The second-order valence-electron chi connectivity index (χ2n) is 1.43. The minimum atomic E-state index is -5.48. The maximum Gasteiger partial charge on any atom is 0.401 e. The molecule has 0 aromatic heterocycles. The van der Waals surface area contributed by atoms with Crippen LogP contribution in [0, 0.1) is 0 Å². The lowest BCUT2D eigenvalue weighted by molar-refractivity contribution is -0.193. The summed E-state index contributed by atoms with van der Waals surface area (Å²) >= 11 is 0. The Labute approximate surface area is 53.7 Å². The fraction of sp³-hybridized carbons (Fsp3) is 1.00. The van der Waals surface area contributed by atoms with Crippen LogP contribution in [0.25, 0.3) is 0 Å². The van der Waals surface area contributed by atoms with Gasteiger partial charge in [0.05, 0.1) is 6.54 Å². The van der Waals surface area contributed by atoms with E-state index in [1.165, 1.54) is 0 Å². The third-order valence-corrected chi connectivity index (χ3v) is 1.00. The Morgan fingerprint density at radius 3 is 2.00 bits per heavy atom. The molecule has 0 rings (SSSR count). The van der Waals surface area contributed by atoms with E-state index < -0.39 is 20.6 Å². The Hall–Kier alpha value is -0.130. The van der Waals surface area contributed by atoms with E-state index in [1.807, 2.05) is 0 Å². The van der Waals surface area contributed by atoms with Crippen molar-refractivity contribution in [3.8, 4) is 0 Å². The van der Waals surface area contributed by atoms with Crippen molar-refractivity contribution in [1.29, 1.82) is 0 Å². The maximum atomic E-state index is 11.3. The third kappa shape index (κ3) is 7.87. The van der Waals surface area contributed by atoms with E-state index in [0.29, 0.717) is 5.09 Å². The lowest BCUT2D eigenvalue weighted by Crippen LogP contribution is -2.28. The molecule has 0 aromatic carbocycles. The normalized spacial score (nSPS) is 18.5. The molecule has 1 atom stereocenters. The number of hydrogen-bond donors (Lipinski definition) is 1. The molecule has 0 aliphatic heterocycles. The zero-order chi connectivity index (χ0) is 8.41. The molecule has 0 aromatic rings. The van der Waals surface area contributed by atoms with Crippen molar-refractivity contribution in [3.63, 3.8) is 0 Å². The summed E-state index contributed by atoms with van der Waals surface area (Å²) in [6, 6.07) is 0. The molecule has 0 amide bonds. The van der Waals surface area contributed by atoms with Gasteiger partial charge in [0.15, 0.2) is 0 Å². The average molecular weight is 180 g/mol. The molecule has 0 saturated carbocycles. The molecular formula is C2H3F4NO2P-. The fourth-order valence-electron chi connectivity index (χ4n) is 0.184. The summed E-state index contributed by atoms with van der Waals surface area (Å²) in [4.78, 5) is 9.43. The van der Waals surface area contributed by atoms with Gasteiger partial charge in [-0.05, 0) is 0 Å². The monoisotopic (exact) mass is 180 g/mol. The van der Waals surface area contributed by atoms with Gasteiger partial charge in [0.1, 0.15) is 0 Å². The van der Waals surface area contributed by atoms with Gasteiger partial charge in [-0.3, -0.25) is 4.57 Å². The molecule has 3 nitrogen and oxygen atoms in total. The highest BCUT2D eigenvalue weighted by Gasteiger charge is 2.28. The molecular weight excluding hydrogens is 177 g/mol.